The first-order chi connectivity index (χ1) is 7.99. The van der Waals surface area contributed by atoms with Crippen LogP contribution in [0, 0.1) is 0 Å². The van der Waals surface area contributed by atoms with Crippen molar-refractivity contribution in [3.8, 4) is 0 Å². The molecular weight excluding hydrogens is 224 g/mol. The molecule has 1 aromatic carbocycles. The summed E-state index contributed by atoms with van der Waals surface area (Å²) in [6, 6.07) is 4.31. The predicted molar refractivity (Wildman–Crippen MR) is 62.7 cm³/mol. The lowest BCUT2D eigenvalue weighted by Gasteiger charge is -2.21. The molecule has 2 unspecified atom stereocenters. The number of carboxylic acids is 1. The predicted octanol–water partition coefficient (Wildman–Crippen LogP) is -0.419. The zero-order valence-corrected chi connectivity index (χ0v) is 9.42. The Labute approximate surface area is 98.7 Å². The summed E-state index contributed by atoms with van der Waals surface area (Å²) in [6.07, 6.45) is -2.46. The molecule has 0 saturated carbocycles. The van der Waals surface area contributed by atoms with Gasteiger partial charge in [0.25, 0.3) is 0 Å². The van der Waals surface area contributed by atoms with Crippen LogP contribution in [-0.2, 0) is 0 Å². The molecule has 0 saturated heterocycles. The zero-order chi connectivity index (χ0) is 13.0. The monoisotopic (exact) mass is 240 g/mol. The molecule has 17 heavy (non-hydrogen) atoms. The fourth-order valence-corrected chi connectivity index (χ4v) is 1.61. The summed E-state index contributed by atoms with van der Waals surface area (Å²) in [5.74, 6) is -1.19. The Hall–Kier alpha value is -1.63. The van der Waals surface area contributed by atoms with Gasteiger partial charge in [0, 0.05) is 17.8 Å². The molecule has 0 radical (unpaired) electrons. The lowest BCUT2D eigenvalue weighted by molar-refractivity contribution is 0.0196. The van der Waals surface area contributed by atoms with Crippen LogP contribution in [0.2, 0.25) is 0 Å². The molecule has 0 bridgehead atoms. The van der Waals surface area contributed by atoms with Crippen molar-refractivity contribution in [2.24, 2.45) is 0 Å². The van der Waals surface area contributed by atoms with E-state index in [0.717, 1.165) is 0 Å². The number of carbonyl (C=O) groups is 1. The lowest BCUT2D eigenvalue weighted by atomic mass is 9.96. The number of aliphatic hydroxyl groups excluding tert-OH is 2. The second-order valence-corrected chi connectivity index (χ2v) is 3.68. The Bertz CT molecular complexity index is 408. The molecule has 0 spiro atoms. The highest BCUT2D eigenvalue weighted by Crippen LogP contribution is 2.27. The summed E-state index contributed by atoms with van der Waals surface area (Å²) in [5.41, 5.74) is 5.73. The second-order valence-electron chi connectivity index (χ2n) is 3.68. The number of nitrogens with two attached hydrogens (primary N) is 1. The van der Waals surface area contributed by atoms with Gasteiger partial charge in [-0.2, -0.15) is 0 Å². The molecule has 6 heteroatoms. The first kappa shape index (κ1) is 13.4. The largest absolute Gasteiger partial charge is 0.478 e. The Morgan fingerprint density at radius 2 is 2.12 bits per heavy atom. The average molecular weight is 240 g/mol. The van der Waals surface area contributed by atoms with Gasteiger partial charge < -0.3 is 26.4 Å². The summed E-state index contributed by atoms with van der Waals surface area (Å²) < 4.78 is 0. The van der Waals surface area contributed by atoms with Crippen molar-refractivity contribution in [2.45, 2.75) is 12.2 Å². The van der Waals surface area contributed by atoms with E-state index in [1.54, 1.807) is 7.05 Å². The van der Waals surface area contributed by atoms with Crippen LogP contribution in [0.1, 0.15) is 22.0 Å². The standard InChI is InChI=1S/C11H16N2O4/c1-13-5-8(14)10(15)9-6(11(16)17)3-2-4-7(9)12/h2-4,8,10,13-15H,5,12H2,1H3,(H,16,17). The van der Waals surface area contributed by atoms with Crippen molar-refractivity contribution in [1.29, 1.82) is 0 Å². The van der Waals surface area contributed by atoms with Crippen LogP contribution >= 0.6 is 0 Å². The average Bonchev–Trinajstić information content (AvgIpc) is 2.28. The van der Waals surface area contributed by atoms with Gasteiger partial charge in [0.2, 0.25) is 0 Å². The first-order valence-corrected chi connectivity index (χ1v) is 5.11. The van der Waals surface area contributed by atoms with Crippen molar-refractivity contribution in [3.63, 3.8) is 0 Å². The fourth-order valence-electron chi connectivity index (χ4n) is 1.61. The van der Waals surface area contributed by atoms with Crippen LogP contribution in [-0.4, -0.2) is 41.0 Å². The van der Waals surface area contributed by atoms with E-state index in [0.29, 0.717) is 0 Å². The highest BCUT2D eigenvalue weighted by Gasteiger charge is 2.25. The Morgan fingerprint density at radius 1 is 1.47 bits per heavy atom. The van der Waals surface area contributed by atoms with Gasteiger partial charge in [0.05, 0.1) is 11.7 Å². The summed E-state index contributed by atoms with van der Waals surface area (Å²) in [5, 5.41) is 31.2. The maximum absolute atomic E-state index is 11.0. The molecule has 1 rings (SSSR count). The van der Waals surface area contributed by atoms with Gasteiger partial charge >= 0.3 is 5.97 Å². The normalized spacial score (nSPS) is 14.3. The van der Waals surface area contributed by atoms with Crippen LogP contribution in [0.25, 0.3) is 0 Å². The zero-order valence-electron chi connectivity index (χ0n) is 9.42. The Balaban J connectivity index is 3.15. The molecule has 0 aliphatic heterocycles. The summed E-state index contributed by atoms with van der Waals surface area (Å²) >= 11 is 0. The molecule has 1 aromatic rings. The summed E-state index contributed by atoms with van der Waals surface area (Å²) in [4.78, 5) is 11.0. The number of aliphatic hydroxyl groups is 2. The molecule has 0 fully saturated rings. The van der Waals surface area contributed by atoms with Gasteiger partial charge in [0.15, 0.2) is 0 Å². The van der Waals surface area contributed by atoms with Crippen LogP contribution in [0.5, 0.6) is 0 Å². The van der Waals surface area contributed by atoms with E-state index in [4.69, 9.17) is 10.8 Å². The highest BCUT2D eigenvalue weighted by atomic mass is 16.4. The Morgan fingerprint density at radius 3 is 2.65 bits per heavy atom. The number of anilines is 1. The van der Waals surface area contributed by atoms with E-state index < -0.39 is 18.2 Å². The van der Waals surface area contributed by atoms with Gasteiger partial charge in [-0.3, -0.25) is 0 Å². The van der Waals surface area contributed by atoms with Gasteiger partial charge in [-0.05, 0) is 19.2 Å². The third-order valence-electron chi connectivity index (χ3n) is 2.44. The second kappa shape index (κ2) is 5.62. The molecule has 94 valence electrons. The maximum Gasteiger partial charge on any atom is 0.336 e. The number of hydrogen-bond donors (Lipinski definition) is 5. The molecule has 0 aromatic heterocycles. The third-order valence-corrected chi connectivity index (χ3v) is 2.44. The molecule has 0 aliphatic carbocycles. The van der Waals surface area contributed by atoms with Crippen molar-refractivity contribution < 1.29 is 20.1 Å². The number of likely N-dealkylation sites (N-methyl/N-ethyl adjacent to an activating group) is 1. The molecule has 0 aliphatic rings. The van der Waals surface area contributed by atoms with E-state index in [1.807, 2.05) is 0 Å². The van der Waals surface area contributed by atoms with Crippen LogP contribution in [0.3, 0.4) is 0 Å². The van der Waals surface area contributed by atoms with Crippen LogP contribution < -0.4 is 11.1 Å². The minimum Gasteiger partial charge on any atom is -0.478 e. The van der Waals surface area contributed by atoms with Crippen molar-refractivity contribution in [2.75, 3.05) is 19.3 Å². The number of nitrogen functional groups attached to an aromatic ring is 1. The minimum atomic E-state index is -1.34. The van der Waals surface area contributed by atoms with E-state index >= 15 is 0 Å². The molecule has 6 N–H and O–H groups in total. The van der Waals surface area contributed by atoms with Crippen molar-refractivity contribution >= 4 is 11.7 Å². The number of hydrogen-bond acceptors (Lipinski definition) is 5. The SMILES string of the molecule is CNCC(O)C(O)c1c(N)cccc1C(=O)O. The number of aromatic carboxylic acids is 1. The van der Waals surface area contributed by atoms with Gasteiger partial charge in [-0.25, -0.2) is 4.79 Å². The number of rotatable bonds is 5. The van der Waals surface area contributed by atoms with E-state index in [-0.39, 0.29) is 23.4 Å². The first-order valence-electron chi connectivity index (χ1n) is 5.11. The van der Waals surface area contributed by atoms with Crippen molar-refractivity contribution in [1.82, 2.24) is 5.32 Å². The van der Waals surface area contributed by atoms with Crippen LogP contribution in [0.15, 0.2) is 18.2 Å². The molecule has 2 atom stereocenters. The number of nitrogens with one attached hydrogen (secondary N) is 1. The highest BCUT2D eigenvalue weighted by molar-refractivity contribution is 5.91. The lowest BCUT2D eigenvalue weighted by Crippen LogP contribution is -2.31. The summed E-state index contributed by atoms with van der Waals surface area (Å²) in [7, 11) is 1.61. The van der Waals surface area contributed by atoms with E-state index in [9.17, 15) is 15.0 Å². The van der Waals surface area contributed by atoms with Gasteiger partial charge in [-0.1, -0.05) is 6.07 Å². The van der Waals surface area contributed by atoms with E-state index in [2.05, 4.69) is 5.32 Å². The Kier molecular flexibility index (Phi) is 4.45. The van der Waals surface area contributed by atoms with Gasteiger partial charge in [0.1, 0.15) is 6.10 Å². The topological polar surface area (TPSA) is 116 Å². The molecule has 0 amide bonds. The number of benzene rings is 1. The number of carboxylic acid groups (broad SMARTS) is 1. The van der Waals surface area contributed by atoms with Crippen molar-refractivity contribution in [3.05, 3.63) is 29.3 Å². The smallest absolute Gasteiger partial charge is 0.336 e. The molecule has 6 nitrogen and oxygen atoms in total. The van der Waals surface area contributed by atoms with E-state index in [1.165, 1.54) is 18.2 Å². The molecule has 0 heterocycles. The third kappa shape index (κ3) is 2.94. The minimum absolute atomic E-state index is 0.0442. The fraction of sp³-hybridized carbons (Fsp3) is 0.364. The van der Waals surface area contributed by atoms with Gasteiger partial charge in [-0.15, -0.1) is 0 Å². The summed E-state index contributed by atoms with van der Waals surface area (Å²) in [6.45, 7) is 0.133. The quantitative estimate of drug-likeness (QED) is 0.446. The van der Waals surface area contributed by atoms with Crippen LogP contribution in [0.4, 0.5) is 5.69 Å². The maximum atomic E-state index is 11.0. The molecular formula is C11H16N2O4.